The molecule has 0 aromatic heterocycles. The lowest BCUT2D eigenvalue weighted by Crippen LogP contribution is -2.10. The zero-order valence-corrected chi connectivity index (χ0v) is 28.6. The van der Waals surface area contributed by atoms with Crippen LogP contribution in [0.3, 0.4) is 0 Å². The molecule has 0 atom stereocenters. The van der Waals surface area contributed by atoms with Crippen molar-refractivity contribution in [1.29, 1.82) is 0 Å². The second kappa shape index (κ2) is 21.1. The summed E-state index contributed by atoms with van der Waals surface area (Å²) >= 11 is 0. The second-order valence-electron chi connectivity index (χ2n) is 12.0. The predicted octanol–water partition coefficient (Wildman–Crippen LogP) is 12.9. The summed E-state index contributed by atoms with van der Waals surface area (Å²) in [5.74, 6) is 1.71. The molecule has 0 spiro atoms. The van der Waals surface area contributed by atoms with Gasteiger partial charge >= 0.3 is 7.82 Å². The minimum absolute atomic E-state index is 0.570. The fourth-order valence-corrected chi connectivity index (χ4v) is 6.94. The molecule has 5 heteroatoms. The molecule has 4 nitrogen and oxygen atoms in total. The van der Waals surface area contributed by atoms with Gasteiger partial charge in [0.05, 0.1) is 0 Å². The third kappa shape index (κ3) is 13.1. The Bertz CT molecular complexity index is 1090. The van der Waals surface area contributed by atoms with E-state index < -0.39 is 7.82 Å². The third-order valence-corrected chi connectivity index (χ3v) is 9.46. The highest BCUT2D eigenvalue weighted by molar-refractivity contribution is 7.49. The highest BCUT2D eigenvalue weighted by atomic mass is 31.2. The summed E-state index contributed by atoms with van der Waals surface area (Å²) in [5, 5.41) is 0. The first kappa shape index (κ1) is 35.8. The minimum Gasteiger partial charge on any atom is -0.386 e. The van der Waals surface area contributed by atoms with Crippen molar-refractivity contribution in [1.82, 2.24) is 0 Å². The van der Waals surface area contributed by atoms with Gasteiger partial charge in [-0.25, -0.2) is 0 Å². The first-order chi connectivity index (χ1) is 21.6. The number of hydrogen-bond donors (Lipinski definition) is 0. The molecule has 0 saturated heterocycles. The van der Waals surface area contributed by atoms with Crippen molar-refractivity contribution in [2.24, 2.45) is 0 Å². The number of rotatable bonds is 24. The molecule has 0 radical (unpaired) electrons. The Kier molecular flexibility index (Phi) is 17.2. The highest BCUT2D eigenvalue weighted by Gasteiger charge is 2.35. The van der Waals surface area contributed by atoms with Gasteiger partial charge < -0.3 is 13.6 Å². The van der Waals surface area contributed by atoms with Crippen LogP contribution in [0, 0.1) is 0 Å². The van der Waals surface area contributed by atoms with Crippen LogP contribution >= 0.6 is 7.82 Å². The molecule has 0 aliphatic carbocycles. The number of phosphoric ester groups is 1. The molecule has 3 aromatic carbocycles. The predicted molar refractivity (Wildman–Crippen MR) is 186 cm³/mol. The van der Waals surface area contributed by atoms with Crippen LogP contribution in [-0.4, -0.2) is 0 Å². The van der Waals surface area contributed by atoms with Crippen LogP contribution in [0.15, 0.2) is 72.8 Å². The Hall–Kier alpha value is -2.71. The van der Waals surface area contributed by atoms with Crippen molar-refractivity contribution in [3.63, 3.8) is 0 Å². The molecule has 3 aromatic rings. The topological polar surface area (TPSA) is 44.8 Å². The lowest BCUT2D eigenvalue weighted by molar-refractivity contribution is 0.295. The van der Waals surface area contributed by atoms with Gasteiger partial charge in [0.25, 0.3) is 0 Å². The van der Waals surface area contributed by atoms with Crippen molar-refractivity contribution in [2.75, 3.05) is 0 Å². The molecule has 0 heterocycles. The van der Waals surface area contributed by atoms with Crippen molar-refractivity contribution in [3.8, 4) is 17.2 Å². The van der Waals surface area contributed by atoms with E-state index in [0.717, 1.165) is 55.2 Å². The Labute approximate surface area is 268 Å². The van der Waals surface area contributed by atoms with Crippen LogP contribution in [0.2, 0.25) is 0 Å². The summed E-state index contributed by atoms with van der Waals surface area (Å²) in [7, 11) is -4.11. The van der Waals surface area contributed by atoms with Gasteiger partial charge in [-0.3, -0.25) is 0 Å². The molecule has 0 amide bonds. The van der Waals surface area contributed by atoms with Crippen molar-refractivity contribution in [2.45, 2.75) is 136 Å². The van der Waals surface area contributed by atoms with E-state index >= 15 is 0 Å². The van der Waals surface area contributed by atoms with Crippen molar-refractivity contribution >= 4 is 7.82 Å². The summed E-state index contributed by atoms with van der Waals surface area (Å²) in [4.78, 5) is 0. The maximum Gasteiger partial charge on any atom is 0.647 e. The monoisotopic (exact) mass is 620 g/mol. The van der Waals surface area contributed by atoms with Crippen LogP contribution < -0.4 is 13.6 Å². The van der Waals surface area contributed by atoms with Gasteiger partial charge in [0.1, 0.15) is 17.2 Å². The fourth-order valence-electron chi connectivity index (χ4n) is 5.57. The molecule has 0 saturated carbocycles. The van der Waals surface area contributed by atoms with Crippen LogP contribution in [0.1, 0.15) is 134 Å². The maximum atomic E-state index is 14.8. The summed E-state index contributed by atoms with van der Waals surface area (Å²) in [6.07, 6.45) is 20.4. The van der Waals surface area contributed by atoms with Crippen LogP contribution in [0.25, 0.3) is 0 Å². The number of phosphoric acid groups is 1. The summed E-state index contributed by atoms with van der Waals surface area (Å²) in [6.45, 7) is 6.70. The van der Waals surface area contributed by atoms with E-state index in [0.29, 0.717) is 17.2 Å². The maximum absolute atomic E-state index is 14.8. The summed E-state index contributed by atoms with van der Waals surface area (Å²) < 4.78 is 33.8. The van der Waals surface area contributed by atoms with Crippen LogP contribution in [0.5, 0.6) is 17.2 Å². The van der Waals surface area contributed by atoms with E-state index in [1.54, 1.807) is 0 Å². The van der Waals surface area contributed by atoms with Gasteiger partial charge in [-0.1, -0.05) is 152 Å². The third-order valence-electron chi connectivity index (χ3n) is 8.20. The van der Waals surface area contributed by atoms with E-state index in [4.69, 9.17) is 13.6 Å². The first-order valence-corrected chi connectivity index (χ1v) is 19.0. The van der Waals surface area contributed by atoms with Gasteiger partial charge in [0, 0.05) is 0 Å². The molecule has 0 fully saturated rings. The highest BCUT2D eigenvalue weighted by Crippen LogP contribution is 2.52. The van der Waals surface area contributed by atoms with Gasteiger partial charge in [0.15, 0.2) is 0 Å². The Morgan fingerprint density at radius 2 is 0.682 bits per heavy atom. The molecule has 3 rings (SSSR count). The van der Waals surface area contributed by atoms with E-state index in [1.165, 1.54) is 77.0 Å². The fraction of sp³-hybridized carbons (Fsp3) is 0.538. The van der Waals surface area contributed by atoms with E-state index in [9.17, 15) is 4.57 Å². The molecule has 0 aliphatic heterocycles. The SMILES string of the molecule is CCCCCCCc1ccccc1OP(=O)(Oc1ccccc1CCCCCCC)Oc1ccccc1CCCCCCC. The van der Waals surface area contributed by atoms with Crippen LogP contribution in [0.4, 0.5) is 0 Å². The van der Waals surface area contributed by atoms with Crippen molar-refractivity contribution < 1.29 is 18.1 Å². The van der Waals surface area contributed by atoms with E-state index in [-0.39, 0.29) is 0 Å². The quantitative estimate of drug-likeness (QED) is 0.0738. The molecular weight excluding hydrogens is 563 g/mol. The zero-order chi connectivity index (χ0) is 31.3. The smallest absolute Gasteiger partial charge is 0.386 e. The largest absolute Gasteiger partial charge is 0.647 e. The number of para-hydroxylation sites is 3. The first-order valence-electron chi connectivity index (χ1n) is 17.5. The number of aryl methyl sites for hydroxylation is 3. The summed E-state index contributed by atoms with van der Waals surface area (Å²) in [6, 6.07) is 23.7. The Morgan fingerprint density at radius 1 is 0.409 bits per heavy atom. The Morgan fingerprint density at radius 3 is 0.977 bits per heavy atom. The molecular formula is C39H57O4P. The number of unbranched alkanes of at least 4 members (excludes halogenated alkanes) is 12. The van der Waals surface area contributed by atoms with Gasteiger partial charge in [0.2, 0.25) is 0 Å². The van der Waals surface area contributed by atoms with Gasteiger partial charge in [-0.15, -0.1) is 0 Å². The number of benzene rings is 3. The molecule has 0 bridgehead atoms. The zero-order valence-electron chi connectivity index (χ0n) is 27.7. The average Bonchev–Trinajstić information content (AvgIpc) is 3.03. The number of hydrogen-bond acceptors (Lipinski definition) is 4. The van der Waals surface area contributed by atoms with Gasteiger partial charge in [-0.05, 0) is 73.4 Å². The van der Waals surface area contributed by atoms with E-state index in [1.807, 2.05) is 54.6 Å². The lowest BCUT2D eigenvalue weighted by Gasteiger charge is -2.23. The molecule has 44 heavy (non-hydrogen) atoms. The standard InChI is InChI=1S/C39H57O4P/c1-4-7-10-13-16-25-34-28-19-22-31-37(34)41-44(40,42-38-32-23-20-29-35(38)26-17-14-11-8-5-2)43-39-33-24-21-30-36(39)27-18-15-12-9-6-3/h19-24,28-33H,4-18,25-27H2,1-3H3. The second-order valence-corrected chi connectivity index (χ2v) is 13.5. The Balaban J connectivity index is 1.85. The normalized spacial score (nSPS) is 11.4. The van der Waals surface area contributed by atoms with Crippen molar-refractivity contribution in [3.05, 3.63) is 89.5 Å². The van der Waals surface area contributed by atoms with Crippen LogP contribution in [-0.2, 0) is 23.8 Å². The van der Waals surface area contributed by atoms with Gasteiger partial charge in [-0.2, -0.15) is 4.57 Å². The average molecular weight is 621 g/mol. The molecule has 0 aliphatic rings. The molecule has 0 N–H and O–H groups in total. The molecule has 242 valence electrons. The lowest BCUT2D eigenvalue weighted by atomic mass is 10.0. The van der Waals surface area contributed by atoms with E-state index in [2.05, 4.69) is 39.0 Å². The minimum atomic E-state index is -4.11. The summed E-state index contributed by atoms with van der Waals surface area (Å²) in [5.41, 5.74) is 3.10. The molecule has 0 unspecified atom stereocenters.